The highest BCUT2D eigenvalue weighted by molar-refractivity contribution is 7.21. The van der Waals surface area contributed by atoms with Crippen LogP contribution in [0.2, 0.25) is 0 Å². The van der Waals surface area contributed by atoms with Crippen LogP contribution in [0.5, 0.6) is 0 Å². The first kappa shape index (κ1) is 13.5. The topological polar surface area (TPSA) is 24.9 Å². The lowest BCUT2D eigenvalue weighted by Crippen LogP contribution is -2.12. The second kappa shape index (κ2) is 6.31. The minimum Gasteiger partial charge on any atom is -0.306 e. The Labute approximate surface area is 127 Å². The van der Waals surface area contributed by atoms with Crippen molar-refractivity contribution in [2.24, 2.45) is 0 Å². The van der Waals surface area contributed by atoms with Gasteiger partial charge in [0.25, 0.3) is 0 Å². The van der Waals surface area contributed by atoms with Crippen LogP contribution in [0.1, 0.15) is 16.1 Å². The average molecular weight is 300 g/mol. The van der Waals surface area contributed by atoms with E-state index in [1.807, 2.05) is 12.3 Å². The molecule has 1 aromatic carbocycles. The molecule has 4 heteroatoms. The third-order valence-corrected chi connectivity index (χ3v) is 5.28. The van der Waals surface area contributed by atoms with E-state index in [0.29, 0.717) is 0 Å². The zero-order valence-electron chi connectivity index (χ0n) is 11.3. The first-order valence-corrected chi connectivity index (χ1v) is 8.26. The van der Waals surface area contributed by atoms with Gasteiger partial charge < -0.3 is 5.32 Å². The van der Waals surface area contributed by atoms with Crippen molar-refractivity contribution in [3.05, 3.63) is 64.1 Å². The first-order valence-electron chi connectivity index (χ1n) is 6.57. The number of nitrogens with zero attached hydrogens (tertiary/aromatic N) is 1. The number of rotatable bonds is 5. The number of nitrogens with one attached hydrogen (secondary N) is 1. The third-order valence-electron chi connectivity index (χ3n) is 3.09. The summed E-state index contributed by atoms with van der Waals surface area (Å²) in [5, 5.41) is 6.72. The van der Waals surface area contributed by atoms with Gasteiger partial charge in [-0.25, -0.2) is 4.98 Å². The molecule has 102 valence electrons. The normalized spacial score (nSPS) is 10.8. The lowest BCUT2D eigenvalue weighted by Gasteiger charge is -2.02. The van der Waals surface area contributed by atoms with E-state index in [1.165, 1.54) is 20.9 Å². The molecule has 0 amide bonds. The summed E-state index contributed by atoms with van der Waals surface area (Å²) < 4.78 is 0. The van der Waals surface area contributed by atoms with Crippen LogP contribution in [0.25, 0.3) is 9.75 Å². The molecule has 0 bridgehead atoms. The number of hydrogen-bond donors (Lipinski definition) is 1. The highest BCUT2D eigenvalue weighted by atomic mass is 32.1. The van der Waals surface area contributed by atoms with Gasteiger partial charge in [-0.15, -0.1) is 22.7 Å². The van der Waals surface area contributed by atoms with Gasteiger partial charge in [0.15, 0.2) is 0 Å². The molecule has 0 unspecified atom stereocenters. The number of benzene rings is 1. The summed E-state index contributed by atoms with van der Waals surface area (Å²) in [5.74, 6) is 0. The zero-order valence-corrected chi connectivity index (χ0v) is 12.9. The fourth-order valence-corrected chi connectivity index (χ4v) is 4.02. The fraction of sp³-hybridized carbons (Fsp3) is 0.188. The first-order chi connectivity index (χ1) is 9.83. The van der Waals surface area contributed by atoms with E-state index in [2.05, 4.69) is 52.9 Å². The molecule has 1 N–H and O–H groups in total. The summed E-state index contributed by atoms with van der Waals surface area (Å²) in [6, 6.07) is 12.6. The van der Waals surface area contributed by atoms with Gasteiger partial charge in [0.05, 0.1) is 4.88 Å². The second-order valence-corrected chi connectivity index (χ2v) is 6.67. The molecule has 0 atom stereocenters. The predicted octanol–water partition coefficient (Wildman–Crippen LogP) is 4.47. The molecule has 0 saturated carbocycles. The average Bonchev–Trinajstić information content (AvgIpc) is 3.09. The van der Waals surface area contributed by atoms with E-state index < -0.39 is 0 Å². The smallest absolute Gasteiger partial charge is 0.107 e. The molecule has 2 heterocycles. The Kier molecular flexibility index (Phi) is 4.25. The van der Waals surface area contributed by atoms with Crippen molar-refractivity contribution >= 4 is 22.7 Å². The summed E-state index contributed by atoms with van der Waals surface area (Å²) in [4.78, 5) is 7.12. The fourth-order valence-electron chi connectivity index (χ4n) is 2.03. The number of hydrogen-bond acceptors (Lipinski definition) is 4. The van der Waals surface area contributed by atoms with Crippen molar-refractivity contribution in [2.75, 3.05) is 0 Å². The molecule has 0 fully saturated rings. The molecule has 0 saturated heterocycles. The van der Waals surface area contributed by atoms with Crippen molar-refractivity contribution in [3.8, 4) is 9.75 Å². The van der Waals surface area contributed by atoms with Crippen LogP contribution >= 0.6 is 22.7 Å². The number of thiophene rings is 1. The van der Waals surface area contributed by atoms with Crippen molar-refractivity contribution in [2.45, 2.75) is 20.0 Å². The molecule has 0 aliphatic carbocycles. The van der Waals surface area contributed by atoms with E-state index in [1.54, 1.807) is 22.7 Å². The predicted molar refractivity (Wildman–Crippen MR) is 87.1 cm³/mol. The van der Waals surface area contributed by atoms with E-state index in [4.69, 9.17) is 0 Å². The van der Waals surface area contributed by atoms with Crippen LogP contribution in [0, 0.1) is 6.92 Å². The molecule has 0 aliphatic rings. The Balaban J connectivity index is 1.59. The van der Waals surface area contributed by atoms with E-state index in [0.717, 1.165) is 18.1 Å². The van der Waals surface area contributed by atoms with Crippen molar-refractivity contribution in [3.63, 3.8) is 0 Å². The van der Waals surface area contributed by atoms with Crippen LogP contribution < -0.4 is 5.32 Å². The molecule has 0 aliphatic heterocycles. The Morgan fingerprint density at radius 2 is 1.95 bits per heavy atom. The van der Waals surface area contributed by atoms with Crippen molar-refractivity contribution < 1.29 is 0 Å². The molecule has 0 spiro atoms. The van der Waals surface area contributed by atoms with Gasteiger partial charge in [0.2, 0.25) is 0 Å². The highest BCUT2D eigenvalue weighted by Gasteiger charge is 2.07. The molecule has 20 heavy (non-hydrogen) atoms. The molecule has 2 nitrogen and oxygen atoms in total. The molecule has 3 rings (SSSR count). The zero-order chi connectivity index (χ0) is 13.8. The van der Waals surface area contributed by atoms with Gasteiger partial charge in [-0.2, -0.15) is 0 Å². The second-order valence-electron chi connectivity index (χ2n) is 4.64. The molecular formula is C16H16N2S2. The van der Waals surface area contributed by atoms with Gasteiger partial charge >= 0.3 is 0 Å². The van der Waals surface area contributed by atoms with Crippen molar-refractivity contribution in [1.82, 2.24) is 10.3 Å². The molecule has 0 radical (unpaired) electrons. The maximum atomic E-state index is 4.51. The minimum absolute atomic E-state index is 0.823. The van der Waals surface area contributed by atoms with E-state index in [9.17, 15) is 0 Å². The summed E-state index contributed by atoms with van der Waals surface area (Å²) in [7, 11) is 0. The minimum atomic E-state index is 0.823. The van der Waals surface area contributed by atoms with E-state index in [-0.39, 0.29) is 0 Å². The van der Waals surface area contributed by atoms with Crippen LogP contribution in [-0.4, -0.2) is 4.98 Å². The van der Waals surface area contributed by atoms with Gasteiger partial charge in [0.1, 0.15) is 5.01 Å². The third kappa shape index (κ3) is 3.15. The SMILES string of the molecule is Cc1ccsc1-c1cnc(CNCc2ccccc2)s1. The Bertz CT molecular complexity index is 671. The maximum Gasteiger partial charge on any atom is 0.107 e. The maximum absolute atomic E-state index is 4.51. The van der Waals surface area contributed by atoms with Crippen LogP contribution in [0.15, 0.2) is 48.0 Å². The lowest BCUT2D eigenvalue weighted by molar-refractivity contribution is 0.690. The Hall–Kier alpha value is -1.49. The molecule has 2 aromatic heterocycles. The molecular weight excluding hydrogens is 284 g/mol. The monoisotopic (exact) mass is 300 g/mol. The Morgan fingerprint density at radius 3 is 2.70 bits per heavy atom. The van der Waals surface area contributed by atoms with Gasteiger partial charge in [-0.05, 0) is 29.5 Å². The lowest BCUT2D eigenvalue weighted by atomic mass is 10.2. The number of aryl methyl sites for hydroxylation is 1. The standard InChI is InChI=1S/C16H16N2S2/c1-12-7-8-19-16(12)14-10-18-15(20-14)11-17-9-13-5-3-2-4-6-13/h2-8,10,17H,9,11H2,1H3. The largest absolute Gasteiger partial charge is 0.306 e. The van der Waals surface area contributed by atoms with Crippen molar-refractivity contribution in [1.29, 1.82) is 0 Å². The summed E-state index contributed by atoms with van der Waals surface area (Å²) >= 11 is 3.56. The summed E-state index contributed by atoms with van der Waals surface area (Å²) in [6.07, 6.45) is 1.99. The highest BCUT2D eigenvalue weighted by Crippen LogP contribution is 2.33. The molecule has 3 aromatic rings. The van der Waals surface area contributed by atoms with Gasteiger partial charge in [-0.1, -0.05) is 30.3 Å². The van der Waals surface area contributed by atoms with Gasteiger partial charge in [0, 0.05) is 24.2 Å². The van der Waals surface area contributed by atoms with Crippen LogP contribution in [0.4, 0.5) is 0 Å². The van der Waals surface area contributed by atoms with Crippen LogP contribution in [-0.2, 0) is 13.1 Å². The summed E-state index contributed by atoms with van der Waals surface area (Å²) in [5.41, 5.74) is 2.64. The number of thiazole rings is 1. The summed E-state index contributed by atoms with van der Waals surface area (Å²) in [6.45, 7) is 3.86. The quantitative estimate of drug-likeness (QED) is 0.752. The Morgan fingerprint density at radius 1 is 1.10 bits per heavy atom. The van der Waals surface area contributed by atoms with E-state index >= 15 is 0 Å². The van der Waals surface area contributed by atoms with Gasteiger partial charge in [-0.3, -0.25) is 0 Å². The number of aromatic nitrogens is 1. The van der Waals surface area contributed by atoms with Crippen LogP contribution in [0.3, 0.4) is 0 Å².